The maximum atomic E-state index is 11.9. The van der Waals surface area contributed by atoms with Gasteiger partial charge in [-0.15, -0.1) is 0 Å². The molecule has 1 atom stereocenters. The quantitative estimate of drug-likeness (QED) is 0.662. The second-order valence-corrected chi connectivity index (χ2v) is 4.25. The van der Waals surface area contributed by atoms with Gasteiger partial charge in [0.1, 0.15) is 0 Å². The summed E-state index contributed by atoms with van der Waals surface area (Å²) >= 11 is 0. The molecule has 0 aromatic heterocycles. The minimum Gasteiger partial charge on any atom is -0.385 e. The number of ether oxygens (including phenoxy) is 1. The molecule has 1 saturated carbocycles. The summed E-state index contributed by atoms with van der Waals surface area (Å²) in [5, 5.41) is 3.37. The Kier molecular flexibility index (Phi) is 2.49. The number of carbonyl (C=O) groups is 1. The molecule has 1 amide bonds. The Balaban J connectivity index is 1.88. The number of nitrogens with one attached hydrogen (secondary N) is 1. The summed E-state index contributed by atoms with van der Waals surface area (Å²) in [5.74, 6) is 0.293. The molecule has 4 nitrogen and oxygen atoms in total. The molecule has 1 spiro atoms. The summed E-state index contributed by atoms with van der Waals surface area (Å²) in [6.07, 6.45) is 3.14. The lowest BCUT2D eigenvalue weighted by Crippen LogP contribution is -2.35. The number of hydrogen-bond acceptors (Lipinski definition) is 3. The Bertz CT molecular complexity index is 238. The molecule has 2 aliphatic rings. The minimum absolute atomic E-state index is 0.160. The molecular weight excluding hydrogens is 180 g/mol. The second-order valence-electron chi connectivity index (χ2n) is 4.25. The van der Waals surface area contributed by atoms with Gasteiger partial charge in [0, 0.05) is 20.3 Å². The highest BCUT2D eigenvalue weighted by Gasteiger charge is 2.57. The molecule has 2 fully saturated rings. The maximum absolute atomic E-state index is 11.9. The predicted octanol–water partition coefficient (Wildman–Crippen LogP) is 0.333. The Morgan fingerprint density at radius 3 is 2.86 bits per heavy atom. The van der Waals surface area contributed by atoms with Gasteiger partial charge in [0.2, 0.25) is 5.91 Å². The van der Waals surface area contributed by atoms with Crippen LogP contribution in [0.1, 0.15) is 26.2 Å². The highest BCUT2D eigenvalue weighted by atomic mass is 16.5. The highest BCUT2D eigenvalue weighted by Crippen LogP contribution is 2.41. The van der Waals surface area contributed by atoms with Crippen molar-refractivity contribution in [1.29, 1.82) is 0 Å². The van der Waals surface area contributed by atoms with E-state index in [0.29, 0.717) is 5.91 Å². The lowest BCUT2D eigenvalue weighted by molar-refractivity contribution is -0.130. The fraction of sp³-hybridized carbons (Fsp3) is 0.900. The molecule has 1 N–H and O–H groups in total. The summed E-state index contributed by atoms with van der Waals surface area (Å²) in [6, 6.07) is 0. The van der Waals surface area contributed by atoms with Crippen molar-refractivity contribution in [2.24, 2.45) is 0 Å². The van der Waals surface area contributed by atoms with Gasteiger partial charge in [0.25, 0.3) is 0 Å². The third kappa shape index (κ3) is 1.53. The molecule has 14 heavy (non-hydrogen) atoms. The maximum Gasteiger partial charge on any atom is 0.244 e. The zero-order valence-electron chi connectivity index (χ0n) is 8.88. The van der Waals surface area contributed by atoms with Crippen LogP contribution in [0.25, 0.3) is 0 Å². The van der Waals surface area contributed by atoms with Crippen molar-refractivity contribution in [3.05, 3.63) is 0 Å². The lowest BCUT2D eigenvalue weighted by Gasteiger charge is -2.20. The van der Waals surface area contributed by atoms with Gasteiger partial charge in [-0.3, -0.25) is 10.1 Å². The van der Waals surface area contributed by atoms with E-state index in [-0.39, 0.29) is 11.7 Å². The first kappa shape index (κ1) is 9.93. The summed E-state index contributed by atoms with van der Waals surface area (Å²) < 4.78 is 4.98. The Morgan fingerprint density at radius 1 is 1.64 bits per heavy atom. The Labute approximate surface area is 84.6 Å². The molecule has 2 rings (SSSR count). The van der Waals surface area contributed by atoms with Crippen molar-refractivity contribution in [2.75, 3.05) is 20.3 Å². The number of carbonyl (C=O) groups excluding carboxylic acids is 1. The summed E-state index contributed by atoms with van der Waals surface area (Å²) in [6.45, 7) is 3.59. The van der Waals surface area contributed by atoms with E-state index in [1.165, 1.54) is 0 Å². The van der Waals surface area contributed by atoms with Crippen molar-refractivity contribution >= 4 is 5.91 Å². The van der Waals surface area contributed by atoms with Crippen molar-refractivity contribution in [1.82, 2.24) is 10.2 Å². The number of hydrogen-bond donors (Lipinski definition) is 1. The average Bonchev–Trinajstić information content (AvgIpc) is 2.88. The van der Waals surface area contributed by atoms with Crippen LogP contribution >= 0.6 is 0 Å². The molecule has 1 unspecified atom stereocenters. The van der Waals surface area contributed by atoms with Crippen LogP contribution in [0.5, 0.6) is 0 Å². The van der Waals surface area contributed by atoms with Crippen LogP contribution < -0.4 is 5.32 Å². The van der Waals surface area contributed by atoms with Crippen LogP contribution in [-0.2, 0) is 9.53 Å². The summed E-state index contributed by atoms with van der Waals surface area (Å²) in [5.41, 5.74) is -0.160. The fourth-order valence-electron chi connectivity index (χ4n) is 2.15. The largest absolute Gasteiger partial charge is 0.385 e. The molecular formula is C10H18N2O2. The molecule has 1 aliphatic heterocycles. The molecule has 1 heterocycles. The van der Waals surface area contributed by atoms with E-state index in [0.717, 1.165) is 32.4 Å². The molecule has 80 valence electrons. The Morgan fingerprint density at radius 2 is 2.36 bits per heavy atom. The molecule has 1 saturated heterocycles. The number of rotatable bonds is 4. The van der Waals surface area contributed by atoms with Gasteiger partial charge in [-0.05, 0) is 26.2 Å². The number of methoxy groups -OCH3 is 1. The normalized spacial score (nSPS) is 28.9. The molecule has 0 radical (unpaired) electrons. The van der Waals surface area contributed by atoms with Crippen molar-refractivity contribution < 1.29 is 9.53 Å². The minimum atomic E-state index is -0.160. The first-order valence-electron chi connectivity index (χ1n) is 5.27. The molecule has 0 aromatic carbocycles. The first-order valence-corrected chi connectivity index (χ1v) is 5.27. The summed E-state index contributed by atoms with van der Waals surface area (Å²) in [7, 11) is 1.69. The average molecular weight is 198 g/mol. The Hall–Kier alpha value is -0.610. The zero-order valence-corrected chi connectivity index (χ0v) is 8.88. The third-order valence-electron chi connectivity index (χ3n) is 3.12. The van der Waals surface area contributed by atoms with Crippen LogP contribution in [-0.4, -0.2) is 42.8 Å². The zero-order chi connectivity index (χ0) is 10.2. The second kappa shape index (κ2) is 3.51. The van der Waals surface area contributed by atoms with Crippen molar-refractivity contribution in [2.45, 2.75) is 37.9 Å². The monoisotopic (exact) mass is 198 g/mol. The van der Waals surface area contributed by atoms with Crippen LogP contribution in [0.4, 0.5) is 0 Å². The van der Waals surface area contributed by atoms with Gasteiger partial charge in [-0.2, -0.15) is 0 Å². The van der Waals surface area contributed by atoms with Gasteiger partial charge in [0.05, 0.1) is 11.7 Å². The fourth-order valence-corrected chi connectivity index (χ4v) is 2.15. The van der Waals surface area contributed by atoms with Crippen molar-refractivity contribution in [3.63, 3.8) is 0 Å². The van der Waals surface area contributed by atoms with E-state index in [1.807, 2.05) is 4.90 Å². The lowest BCUT2D eigenvalue weighted by atomic mass is 10.2. The van der Waals surface area contributed by atoms with Gasteiger partial charge in [0.15, 0.2) is 0 Å². The van der Waals surface area contributed by atoms with E-state index < -0.39 is 0 Å². The van der Waals surface area contributed by atoms with Gasteiger partial charge < -0.3 is 9.64 Å². The molecule has 0 bridgehead atoms. The molecule has 1 aliphatic carbocycles. The van der Waals surface area contributed by atoms with E-state index in [4.69, 9.17) is 4.74 Å². The van der Waals surface area contributed by atoms with Gasteiger partial charge in [-0.1, -0.05) is 0 Å². The van der Waals surface area contributed by atoms with Crippen LogP contribution in [0.2, 0.25) is 0 Å². The van der Waals surface area contributed by atoms with Gasteiger partial charge in [-0.25, -0.2) is 0 Å². The smallest absolute Gasteiger partial charge is 0.244 e. The van der Waals surface area contributed by atoms with Crippen LogP contribution in [0.15, 0.2) is 0 Å². The van der Waals surface area contributed by atoms with Crippen LogP contribution in [0, 0.1) is 0 Å². The topological polar surface area (TPSA) is 41.6 Å². The number of nitrogens with zero attached hydrogens (tertiary/aromatic N) is 1. The SMILES string of the molecule is COCCCN1C(=O)C2(CC2)NC1C. The molecule has 0 aromatic rings. The molecule has 4 heteroatoms. The van der Waals surface area contributed by atoms with E-state index in [2.05, 4.69) is 12.2 Å². The van der Waals surface area contributed by atoms with E-state index >= 15 is 0 Å². The van der Waals surface area contributed by atoms with E-state index in [1.54, 1.807) is 7.11 Å². The first-order chi connectivity index (χ1) is 6.69. The number of amides is 1. The summed E-state index contributed by atoms with van der Waals surface area (Å²) in [4.78, 5) is 13.9. The highest BCUT2D eigenvalue weighted by molar-refractivity contribution is 5.91. The van der Waals surface area contributed by atoms with Gasteiger partial charge >= 0.3 is 0 Å². The standard InChI is InChI=1S/C10H18N2O2/c1-8-11-10(4-5-10)9(13)12(8)6-3-7-14-2/h8,11H,3-7H2,1-2H3. The third-order valence-corrected chi connectivity index (χ3v) is 3.12. The predicted molar refractivity (Wildman–Crippen MR) is 52.8 cm³/mol. The van der Waals surface area contributed by atoms with Crippen molar-refractivity contribution in [3.8, 4) is 0 Å². The van der Waals surface area contributed by atoms with E-state index in [9.17, 15) is 4.79 Å². The van der Waals surface area contributed by atoms with Crippen LogP contribution in [0.3, 0.4) is 0 Å².